The van der Waals surface area contributed by atoms with Gasteiger partial charge >= 0.3 is 29.2 Å². The number of H-pyrrole nitrogens is 1. The molecular formula is C28H47F3N6O8Si2. The van der Waals surface area contributed by atoms with Gasteiger partial charge in [-0.25, -0.2) is 4.98 Å². The van der Waals surface area contributed by atoms with Crippen molar-refractivity contribution in [2.75, 3.05) is 32.3 Å². The van der Waals surface area contributed by atoms with Crippen LogP contribution in [0, 0.1) is 0 Å². The number of amides is 1. The van der Waals surface area contributed by atoms with Crippen LogP contribution in [0.2, 0.25) is 22.2 Å². The zero-order valence-electron chi connectivity index (χ0n) is 28.1. The van der Waals surface area contributed by atoms with Gasteiger partial charge in [0.1, 0.15) is 25.1 Å². The molecule has 0 aromatic carbocycles. The highest BCUT2D eigenvalue weighted by Crippen LogP contribution is 2.49. The van der Waals surface area contributed by atoms with Crippen molar-refractivity contribution in [3.8, 4) is 0 Å². The third-order valence-electron chi connectivity index (χ3n) is 8.69. The molecular weight excluding hydrogens is 662 g/mol. The molecule has 266 valence electrons. The zero-order valence-corrected chi connectivity index (χ0v) is 30.1. The Morgan fingerprint density at radius 1 is 1.13 bits per heavy atom. The van der Waals surface area contributed by atoms with E-state index in [4.69, 9.17) is 32.9 Å². The van der Waals surface area contributed by atoms with E-state index in [9.17, 15) is 22.8 Å². The largest absolute Gasteiger partial charge is 0.471 e. The number of ether oxygens (including phenoxy) is 3. The van der Waals surface area contributed by atoms with Crippen molar-refractivity contribution in [3.63, 3.8) is 0 Å². The molecule has 14 nitrogen and oxygen atoms in total. The molecule has 0 unspecified atom stereocenters. The molecule has 2 fully saturated rings. The Bertz CT molecular complexity index is 1420. The lowest BCUT2D eigenvalue weighted by atomic mass is 10.1. The van der Waals surface area contributed by atoms with Crippen LogP contribution < -0.4 is 16.6 Å². The minimum Gasteiger partial charge on any atom is -0.414 e. The van der Waals surface area contributed by atoms with Crippen LogP contribution in [0.5, 0.6) is 0 Å². The Hall–Kier alpha value is -2.40. The second kappa shape index (κ2) is 14.6. The first-order chi connectivity index (χ1) is 21.9. The van der Waals surface area contributed by atoms with Crippen molar-refractivity contribution in [3.05, 3.63) is 16.7 Å². The molecule has 2 aliphatic heterocycles. The molecule has 4 rings (SSSR count). The van der Waals surface area contributed by atoms with Crippen molar-refractivity contribution in [1.82, 2.24) is 24.8 Å². The van der Waals surface area contributed by atoms with Crippen molar-refractivity contribution in [2.24, 2.45) is 0 Å². The van der Waals surface area contributed by atoms with Crippen LogP contribution in [0.4, 0.5) is 19.1 Å². The van der Waals surface area contributed by atoms with Crippen LogP contribution in [0.1, 0.15) is 68.0 Å². The maximum Gasteiger partial charge on any atom is 0.471 e. The molecule has 2 aromatic rings. The summed E-state index contributed by atoms with van der Waals surface area (Å²) < 4.78 is 78.9. The van der Waals surface area contributed by atoms with E-state index < -0.39 is 59.3 Å². The van der Waals surface area contributed by atoms with Gasteiger partial charge in [0, 0.05) is 6.54 Å². The van der Waals surface area contributed by atoms with Crippen LogP contribution in [0.25, 0.3) is 11.2 Å². The average Bonchev–Trinajstić information content (AvgIpc) is 3.52. The maximum atomic E-state index is 12.6. The molecule has 19 heteroatoms. The predicted octanol–water partition coefficient (Wildman–Crippen LogP) is 3.98. The summed E-state index contributed by atoms with van der Waals surface area (Å²) in [5, 5.41) is 1.81. The smallest absolute Gasteiger partial charge is 0.414 e. The highest BCUT2D eigenvalue weighted by Gasteiger charge is 2.62. The summed E-state index contributed by atoms with van der Waals surface area (Å²) in [6, 6.07) is 0. The number of fused-ring (bicyclic) bond motifs is 2. The number of halogens is 3. The van der Waals surface area contributed by atoms with E-state index in [1.807, 2.05) is 5.32 Å². The second-order valence-corrected chi connectivity index (χ2v) is 22.0. The molecule has 4 atom stereocenters. The van der Waals surface area contributed by atoms with Gasteiger partial charge in [-0.3, -0.25) is 19.1 Å². The van der Waals surface area contributed by atoms with E-state index in [1.165, 1.54) is 6.33 Å². The highest BCUT2D eigenvalue weighted by molar-refractivity contribution is 6.84. The fourth-order valence-corrected chi connectivity index (χ4v) is 17.5. The number of hydrogen-bond acceptors (Lipinski definition) is 11. The number of nitrogens with one attached hydrogen (secondary N) is 2. The van der Waals surface area contributed by atoms with Gasteiger partial charge in [-0.2, -0.15) is 18.2 Å². The van der Waals surface area contributed by atoms with Gasteiger partial charge < -0.3 is 38.2 Å². The Labute approximate surface area is 273 Å². The van der Waals surface area contributed by atoms with Crippen molar-refractivity contribution < 1.29 is 45.1 Å². The van der Waals surface area contributed by atoms with Gasteiger partial charge in [0.05, 0.1) is 19.5 Å². The molecule has 4 heterocycles. The second-order valence-electron chi connectivity index (χ2n) is 13.2. The van der Waals surface area contributed by atoms with Gasteiger partial charge in [0.25, 0.3) is 5.56 Å². The van der Waals surface area contributed by atoms with Crippen molar-refractivity contribution >= 4 is 40.1 Å². The number of nitrogens with two attached hydrogens (primary N) is 1. The summed E-state index contributed by atoms with van der Waals surface area (Å²) in [5.41, 5.74) is 5.86. The number of nitrogen functional groups attached to an aromatic ring is 1. The lowest BCUT2D eigenvalue weighted by molar-refractivity contribution is -0.173. The van der Waals surface area contributed by atoms with Crippen molar-refractivity contribution in [1.29, 1.82) is 0 Å². The number of aromatic nitrogens is 4. The van der Waals surface area contributed by atoms with Gasteiger partial charge in [-0.15, -0.1) is 0 Å². The van der Waals surface area contributed by atoms with E-state index in [0.29, 0.717) is 0 Å². The Morgan fingerprint density at radius 2 is 1.77 bits per heavy atom. The zero-order chi connectivity index (χ0) is 34.9. The minimum atomic E-state index is -4.96. The van der Waals surface area contributed by atoms with Crippen molar-refractivity contribution in [2.45, 2.75) is 115 Å². The van der Waals surface area contributed by atoms with Gasteiger partial charge in [0.15, 0.2) is 17.4 Å². The topological polar surface area (TPSA) is 174 Å². The molecule has 0 radical (unpaired) electrons. The number of carbonyl (C=O) groups excluding carboxylic acids is 1. The molecule has 0 spiro atoms. The van der Waals surface area contributed by atoms with E-state index in [0.717, 1.165) is 0 Å². The predicted molar refractivity (Wildman–Crippen MR) is 170 cm³/mol. The van der Waals surface area contributed by atoms with Crippen LogP contribution in [-0.2, 0) is 32.0 Å². The summed E-state index contributed by atoms with van der Waals surface area (Å²) in [4.78, 5) is 34.7. The number of nitrogens with zero attached hydrogens (tertiary/aromatic N) is 3. The Morgan fingerprint density at radius 3 is 2.36 bits per heavy atom. The van der Waals surface area contributed by atoms with E-state index >= 15 is 0 Å². The molecule has 2 aliphatic rings. The SMILES string of the molecule is CC(C)[Si]1(C(C)C)OC[C@H]2O[C@@H](n3cnc4c(=O)[nH]c(N)nc43)[C@H](OCOCCCNC(=O)C(F)(F)F)[C@@H]2O[Si](C(C)C)(C(C)C)O1. The normalized spacial score (nSPS) is 24.7. The molecule has 1 amide bonds. The van der Waals surface area contributed by atoms with Crippen LogP contribution >= 0.6 is 0 Å². The summed E-state index contributed by atoms with van der Waals surface area (Å²) in [7, 11) is -5.97. The number of hydrogen-bond donors (Lipinski definition) is 3. The highest BCUT2D eigenvalue weighted by atomic mass is 28.5. The Balaban J connectivity index is 1.66. The quantitative estimate of drug-likeness (QED) is 0.165. The number of aromatic amines is 1. The number of carbonyl (C=O) groups is 1. The first-order valence-electron chi connectivity index (χ1n) is 15.9. The molecule has 4 N–H and O–H groups in total. The van der Waals surface area contributed by atoms with Gasteiger partial charge in [-0.05, 0) is 28.6 Å². The number of anilines is 1. The fraction of sp³-hybridized carbons (Fsp3) is 0.786. The summed E-state index contributed by atoms with van der Waals surface area (Å²) >= 11 is 0. The average molecular weight is 709 g/mol. The molecule has 47 heavy (non-hydrogen) atoms. The molecule has 0 bridgehead atoms. The van der Waals surface area contributed by atoms with E-state index in [-0.39, 0.29) is 72.2 Å². The lowest BCUT2D eigenvalue weighted by Gasteiger charge is -2.51. The standard InChI is InChI=1S/C28H47F3N6O8Si2/c1-15(2)46(16(3)4)42-12-19-21(44-47(45-46,17(5)6)18(7)8)22(41-14-40-11-9-10-33-26(39)28(29,30)31)25(43-19)37-13-34-20-23(37)35-27(32)36-24(20)38/h13,15-19,21-22,25H,9-12,14H2,1-8H3,(H,33,39)(H3,32,35,36,38)/t19-,21-,22-,25-/m1/s1. The van der Waals surface area contributed by atoms with Crippen LogP contribution in [-0.4, -0.2) is 93.6 Å². The Kier molecular flexibility index (Phi) is 11.6. The maximum absolute atomic E-state index is 12.6. The number of imidazole rings is 1. The molecule has 0 aliphatic carbocycles. The summed E-state index contributed by atoms with van der Waals surface area (Å²) in [6.45, 7) is 16.5. The molecule has 2 aromatic heterocycles. The van der Waals surface area contributed by atoms with Gasteiger partial charge in [0.2, 0.25) is 5.95 Å². The van der Waals surface area contributed by atoms with Gasteiger partial charge in [-0.1, -0.05) is 55.4 Å². The lowest BCUT2D eigenvalue weighted by Crippen LogP contribution is -2.66. The third kappa shape index (κ3) is 7.61. The minimum absolute atomic E-state index is 0.00655. The van der Waals surface area contributed by atoms with Crippen LogP contribution in [0.3, 0.4) is 0 Å². The fourth-order valence-electron chi connectivity index (χ4n) is 6.32. The van der Waals surface area contributed by atoms with E-state index in [1.54, 1.807) is 4.57 Å². The summed E-state index contributed by atoms with van der Waals surface area (Å²) in [5.74, 6) is -2.11. The van der Waals surface area contributed by atoms with E-state index in [2.05, 4.69) is 70.3 Å². The van der Waals surface area contributed by atoms with Crippen LogP contribution in [0.15, 0.2) is 11.1 Å². The number of rotatable bonds is 12. The monoisotopic (exact) mass is 708 g/mol. The third-order valence-corrected chi connectivity index (χ3v) is 18.9. The molecule has 2 saturated heterocycles. The first kappa shape index (κ1) is 37.4. The number of alkyl halides is 3. The molecule has 0 saturated carbocycles. The first-order valence-corrected chi connectivity index (χ1v) is 19.8. The summed E-state index contributed by atoms with van der Waals surface area (Å²) in [6.07, 6.45) is -6.47.